The van der Waals surface area contributed by atoms with Crippen molar-refractivity contribution in [3.05, 3.63) is 0 Å². The van der Waals surface area contributed by atoms with Gasteiger partial charge in [0.1, 0.15) is 0 Å². The number of hydrogen-bond acceptors (Lipinski definition) is 2. The van der Waals surface area contributed by atoms with Crippen molar-refractivity contribution in [2.24, 2.45) is 5.92 Å². The molecule has 0 bridgehead atoms. The monoisotopic (exact) mass is 267 g/mol. The predicted molar refractivity (Wildman–Crippen MR) is 74.2 cm³/mol. The van der Waals surface area contributed by atoms with Gasteiger partial charge < -0.3 is 4.74 Å². The predicted octanol–water partition coefficient (Wildman–Crippen LogP) is 3.95. The standard InChI is InChI=1S/C14H28O2.K/c1-4-7-9-11-14(15)16-12-13(6-3)10-8-5-2;/h13H,4-12H2,1-3H3;. The van der Waals surface area contributed by atoms with E-state index in [-0.39, 0.29) is 57.4 Å². The summed E-state index contributed by atoms with van der Waals surface area (Å²) in [5.41, 5.74) is 0. The van der Waals surface area contributed by atoms with Gasteiger partial charge in [0.2, 0.25) is 0 Å². The van der Waals surface area contributed by atoms with Crippen LogP contribution in [0.2, 0.25) is 0 Å². The molecular formula is C14H28KO2. The molecule has 0 aromatic heterocycles. The minimum atomic E-state index is -0.0107. The van der Waals surface area contributed by atoms with Crippen LogP contribution in [-0.4, -0.2) is 64.0 Å². The van der Waals surface area contributed by atoms with Crippen molar-refractivity contribution in [3.63, 3.8) is 0 Å². The van der Waals surface area contributed by atoms with Crippen LogP contribution in [0.15, 0.2) is 0 Å². The molecule has 0 aromatic rings. The molecule has 0 aliphatic carbocycles. The zero-order valence-corrected chi connectivity index (χ0v) is 15.4. The SMILES string of the molecule is CCCCCC(=O)OCC(CC)CCCC.[K]. The molecule has 0 N–H and O–H groups in total. The quantitative estimate of drug-likeness (QED) is 0.340. The Bertz CT molecular complexity index is 172. The average molecular weight is 267 g/mol. The van der Waals surface area contributed by atoms with Gasteiger partial charge in [-0.25, -0.2) is 0 Å². The van der Waals surface area contributed by atoms with E-state index in [4.69, 9.17) is 4.74 Å². The van der Waals surface area contributed by atoms with Gasteiger partial charge in [0.15, 0.2) is 0 Å². The maximum atomic E-state index is 11.4. The Balaban J connectivity index is 0. The van der Waals surface area contributed by atoms with Crippen LogP contribution in [0.4, 0.5) is 0 Å². The topological polar surface area (TPSA) is 26.3 Å². The van der Waals surface area contributed by atoms with E-state index < -0.39 is 0 Å². The molecule has 3 heteroatoms. The van der Waals surface area contributed by atoms with Gasteiger partial charge in [-0.1, -0.05) is 52.9 Å². The molecule has 0 rings (SSSR count). The van der Waals surface area contributed by atoms with Gasteiger partial charge in [-0.3, -0.25) is 4.79 Å². The number of hydrogen-bond donors (Lipinski definition) is 0. The van der Waals surface area contributed by atoms with E-state index in [1.807, 2.05) is 0 Å². The van der Waals surface area contributed by atoms with E-state index in [2.05, 4.69) is 20.8 Å². The maximum Gasteiger partial charge on any atom is 0.305 e. The summed E-state index contributed by atoms with van der Waals surface area (Å²) in [4.78, 5) is 11.4. The Morgan fingerprint density at radius 2 is 1.71 bits per heavy atom. The third-order valence-corrected chi connectivity index (χ3v) is 3.01. The van der Waals surface area contributed by atoms with Crippen LogP contribution in [0.5, 0.6) is 0 Å². The summed E-state index contributed by atoms with van der Waals surface area (Å²) in [5.74, 6) is 0.554. The van der Waals surface area contributed by atoms with Gasteiger partial charge in [0.25, 0.3) is 0 Å². The second kappa shape index (κ2) is 15.2. The number of ether oxygens (including phenoxy) is 1. The molecule has 0 aliphatic rings. The average Bonchev–Trinajstić information content (AvgIpc) is 2.30. The fraction of sp³-hybridized carbons (Fsp3) is 0.929. The van der Waals surface area contributed by atoms with E-state index in [0.717, 1.165) is 25.7 Å². The van der Waals surface area contributed by atoms with Crippen molar-refractivity contribution in [3.8, 4) is 0 Å². The molecular weight excluding hydrogens is 239 g/mol. The number of esters is 1. The zero-order valence-electron chi connectivity index (χ0n) is 12.3. The van der Waals surface area contributed by atoms with E-state index in [0.29, 0.717) is 18.9 Å². The van der Waals surface area contributed by atoms with Crippen LogP contribution in [0.3, 0.4) is 0 Å². The second-order valence-corrected chi connectivity index (χ2v) is 4.56. The Morgan fingerprint density at radius 3 is 2.24 bits per heavy atom. The Hall–Kier alpha value is 1.11. The molecule has 2 nitrogen and oxygen atoms in total. The van der Waals surface area contributed by atoms with Gasteiger partial charge in [-0.2, -0.15) is 0 Å². The van der Waals surface area contributed by atoms with E-state index in [1.54, 1.807) is 0 Å². The van der Waals surface area contributed by atoms with E-state index >= 15 is 0 Å². The molecule has 0 aliphatic heterocycles. The molecule has 0 heterocycles. The van der Waals surface area contributed by atoms with Crippen molar-refractivity contribution in [2.75, 3.05) is 6.61 Å². The van der Waals surface area contributed by atoms with Gasteiger partial charge in [0.05, 0.1) is 6.61 Å². The number of unbranched alkanes of at least 4 members (excludes halogenated alkanes) is 3. The van der Waals surface area contributed by atoms with Gasteiger partial charge in [-0.15, -0.1) is 0 Å². The minimum absolute atomic E-state index is 0. The largest absolute Gasteiger partial charge is 0.465 e. The van der Waals surface area contributed by atoms with Crippen LogP contribution in [0.25, 0.3) is 0 Å². The van der Waals surface area contributed by atoms with Gasteiger partial charge in [-0.05, 0) is 18.8 Å². The summed E-state index contributed by atoms with van der Waals surface area (Å²) in [6.45, 7) is 7.14. The number of carbonyl (C=O) groups is 1. The molecule has 1 atom stereocenters. The molecule has 17 heavy (non-hydrogen) atoms. The smallest absolute Gasteiger partial charge is 0.305 e. The fourth-order valence-corrected chi connectivity index (χ4v) is 1.70. The van der Waals surface area contributed by atoms with Crippen LogP contribution < -0.4 is 0 Å². The minimum Gasteiger partial charge on any atom is -0.465 e. The van der Waals surface area contributed by atoms with Gasteiger partial charge >= 0.3 is 5.97 Å². The number of rotatable bonds is 10. The Morgan fingerprint density at radius 1 is 1.06 bits per heavy atom. The molecule has 1 radical (unpaired) electrons. The molecule has 97 valence electrons. The van der Waals surface area contributed by atoms with Crippen molar-refractivity contribution in [1.82, 2.24) is 0 Å². The molecule has 0 saturated carbocycles. The molecule has 1 unspecified atom stereocenters. The third kappa shape index (κ3) is 13.3. The fourth-order valence-electron chi connectivity index (χ4n) is 1.70. The summed E-state index contributed by atoms with van der Waals surface area (Å²) in [6, 6.07) is 0. The van der Waals surface area contributed by atoms with Crippen molar-refractivity contribution < 1.29 is 9.53 Å². The molecule has 0 saturated heterocycles. The Kier molecular flexibility index (Phi) is 18.2. The summed E-state index contributed by atoms with van der Waals surface area (Å²) < 4.78 is 5.30. The van der Waals surface area contributed by atoms with Crippen LogP contribution in [0, 0.1) is 5.92 Å². The third-order valence-electron chi connectivity index (χ3n) is 3.01. The second-order valence-electron chi connectivity index (χ2n) is 4.56. The first-order valence-corrected chi connectivity index (χ1v) is 6.90. The molecule has 0 spiro atoms. The first-order valence-electron chi connectivity index (χ1n) is 6.90. The maximum absolute atomic E-state index is 11.4. The summed E-state index contributed by atoms with van der Waals surface area (Å²) in [5, 5.41) is 0. The number of carbonyl (C=O) groups excluding carboxylic acids is 1. The van der Waals surface area contributed by atoms with Crippen LogP contribution in [-0.2, 0) is 9.53 Å². The van der Waals surface area contributed by atoms with Crippen LogP contribution >= 0.6 is 0 Å². The first-order chi connectivity index (χ1) is 7.74. The molecule has 0 aromatic carbocycles. The summed E-state index contributed by atoms with van der Waals surface area (Å²) in [7, 11) is 0. The van der Waals surface area contributed by atoms with Crippen LogP contribution in [0.1, 0.15) is 72.1 Å². The summed E-state index contributed by atoms with van der Waals surface area (Å²) >= 11 is 0. The van der Waals surface area contributed by atoms with E-state index in [1.165, 1.54) is 19.3 Å². The van der Waals surface area contributed by atoms with Gasteiger partial charge in [0, 0.05) is 57.8 Å². The molecule has 0 amide bonds. The van der Waals surface area contributed by atoms with E-state index in [9.17, 15) is 4.79 Å². The first kappa shape index (κ1) is 20.4. The normalized spacial score (nSPS) is 11.7. The van der Waals surface area contributed by atoms with Crippen molar-refractivity contribution in [1.29, 1.82) is 0 Å². The van der Waals surface area contributed by atoms with Crippen molar-refractivity contribution >= 4 is 57.4 Å². The Labute approximate surface area is 150 Å². The zero-order chi connectivity index (χ0) is 12.2. The summed E-state index contributed by atoms with van der Waals surface area (Å²) in [6.07, 6.45) is 8.62. The molecule has 0 fully saturated rings. The van der Waals surface area contributed by atoms with Crippen molar-refractivity contribution in [2.45, 2.75) is 72.1 Å².